The van der Waals surface area contributed by atoms with Crippen molar-refractivity contribution in [2.24, 2.45) is 0 Å². The highest BCUT2D eigenvalue weighted by molar-refractivity contribution is 8.00. The maximum atomic E-state index is 14.3. The Kier molecular flexibility index (Phi) is 9.59. The van der Waals surface area contributed by atoms with Gasteiger partial charge in [-0.1, -0.05) is 31.0 Å². The van der Waals surface area contributed by atoms with Gasteiger partial charge in [0.2, 0.25) is 5.91 Å². The molecule has 2 amide bonds. The Balaban J connectivity index is 1.67. The normalized spacial score (nSPS) is 14.2. The molecule has 0 spiro atoms. The molecule has 178 valence electrons. The predicted molar refractivity (Wildman–Crippen MR) is 133 cm³/mol. The minimum Gasteiger partial charge on any atom is -0.352 e. The summed E-state index contributed by atoms with van der Waals surface area (Å²) >= 11 is 7.61. The first-order chi connectivity index (χ1) is 15.9. The number of rotatable bonds is 11. The molecule has 5 nitrogen and oxygen atoms in total. The number of nitrogens with zero attached hydrogens (tertiary/aromatic N) is 1. The molecule has 33 heavy (non-hydrogen) atoms. The Morgan fingerprint density at radius 1 is 1.21 bits per heavy atom. The van der Waals surface area contributed by atoms with E-state index in [0.29, 0.717) is 17.8 Å². The van der Waals surface area contributed by atoms with Gasteiger partial charge in [0.05, 0.1) is 37.6 Å². The summed E-state index contributed by atoms with van der Waals surface area (Å²) < 4.78 is 14.3. The van der Waals surface area contributed by atoms with Gasteiger partial charge in [-0.25, -0.2) is 4.39 Å². The molecule has 0 bridgehead atoms. The van der Waals surface area contributed by atoms with E-state index in [4.69, 9.17) is 11.6 Å². The van der Waals surface area contributed by atoms with E-state index in [-0.39, 0.29) is 34.7 Å². The summed E-state index contributed by atoms with van der Waals surface area (Å²) in [5.74, 6) is -0.500. The quantitative estimate of drug-likeness (QED) is 0.467. The van der Waals surface area contributed by atoms with Gasteiger partial charge in [-0.05, 0) is 43.7 Å². The van der Waals surface area contributed by atoms with E-state index in [9.17, 15) is 14.0 Å². The molecule has 3 rings (SSSR count). The molecule has 0 fully saturated rings. The second kappa shape index (κ2) is 12.4. The molecule has 8 heteroatoms. The van der Waals surface area contributed by atoms with E-state index in [1.165, 1.54) is 48.2 Å². The number of benzene rings is 2. The van der Waals surface area contributed by atoms with E-state index < -0.39 is 5.82 Å². The Morgan fingerprint density at radius 2 is 2.00 bits per heavy atom. The molecule has 0 aliphatic carbocycles. The third-order valence-corrected chi connectivity index (χ3v) is 7.32. The van der Waals surface area contributed by atoms with Crippen LogP contribution in [0.15, 0.2) is 41.3 Å². The molecule has 1 aliphatic heterocycles. The second-order valence-electron chi connectivity index (χ2n) is 8.22. The molecule has 1 atom stereocenters. The maximum Gasteiger partial charge on any atom is 0.251 e. The molecule has 0 saturated carbocycles. The summed E-state index contributed by atoms with van der Waals surface area (Å²) in [5.41, 5.74) is 1.37. The van der Waals surface area contributed by atoms with Gasteiger partial charge in [-0.2, -0.15) is 0 Å². The summed E-state index contributed by atoms with van der Waals surface area (Å²) in [5, 5.41) is 3.27. The minimum absolute atomic E-state index is 0.0242. The van der Waals surface area contributed by atoms with E-state index in [2.05, 4.69) is 19.2 Å². The summed E-state index contributed by atoms with van der Waals surface area (Å²) in [4.78, 5) is 29.4. The predicted octanol–water partition coefficient (Wildman–Crippen LogP) is 3.94. The average Bonchev–Trinajstić information content (AvgIpc) is 2.81. The molecule has 0 aromatic heterocycles. The van der Waals surface area contributed by atoms with Gasteiger partial charge < -0.3 is 15.1 Å². The number of anilines is 1. The fourth-order valence-corrected chi connectivity index (χ4v) is 5.04. The van der Waals surface area contributed by atoms with Gasteiger partial charge in [-0.15, -0.1) is 11.8 Å². The molecule has 2 aromatic carbocycles. The van der Waals surface area contributed by atoms with Crippen molar-refractivity contribution < 1.29 is 18.9 Å². The van der Waals surface area contributed by atoms with Crippen LogP contribution in [0.2, 0.25) is 5.02 Å². The number of fused-ring (bicyclic) bond motifs is 1. The lowest BCUT2D eigenvalue weighted by atomic mass is 10.1. The van der Waals surface area contributed by atoms with E-state index in [0.717, 1.165) is 24.4 Å². The lowest BCUT2D eigenvalue weighted by Crippen LogP contribution is -3.11. The third kappa shape index (κ3) is 6.71. The SMILES string of the molecule is CCCC[NH+](CC)CCCNC(=O)c1ccc2c(c1)N(Cc1c(F)cccc1Cl)C(=O)CS2. The molecule has 2 N–H and O–H groups in total. The van der Waals surface area contributed by atoms with Crippen LogP contribution < -0.4 is 15.1 Å². The Bertz CT molecular complexity index is 968. The number of unbranched alkanes of at least 4 members (excludes halogenated alkanes) is 1. The van der Waals surface area contributed by atoms with E-state index >= 15 is 0 Å². The molecule has 1 heterocycles. The van der Waals surface area contributed by atoms with Gasteiger partial charge in [-0.3, -0.25) is 9.59 Å². The van der Waals surface area contributed by atoms with Gasteiger partial charge in [0.25, 0.3) is 5.91 Å². The van der Waals surface area contributed by atoms with Crippen LogP contribution in [0.1, 0.15) is 49.0 Å². The molecule has 0 saturated heterocycles. The number of hydrogen-bond donors (Lipinski definition) is 2. The van der Waals surface area contributed by atoms with Gasteiger partial charge in [0.15, 0.2) is 0 Å². The standard InChI is InChI=1S/C25H31ClFN3O2S/c1-3-5-13-29(4-2)14-7-12-28-25(32)18-10-11-23-22(15-18)30(24(31)17-33-23)16-19-20(26)8-6-9-21(19)27/h6,8-11,15H,3-5,7,12-14,16-17H2,1-2H3,(H,28,32)/p+1. The monoisotopic (exact) mass is 492 g/mol. The van der Waals surface area contributed by atoms with Crippen LogP contribution in [-0.2, 0) is 11.3 Å². The fraction of sp³-hybridized carbons (Fsp3) is 0.440. The van der Waals surface area contributed by atoms with Crippen molar-refractivity contribution in [1.29, 1.82) is 0 Å². The number of carbonyl (C=O) groups excluding carboxylic acids is 2. The molecule has 2 aromatic rings. The number of nitrogens with one attached hydrogen (secondary N) is 2. The van der Waals surface area contributed by atoms with Crippen molar-refractivity contribution in [2.45, 2.75) is 44.6 Å². The minimum atomic E-state index is -0.453. The number of thioether (sulfide) groups is 1. The van der Waals surface area contributed by atoms with Crippen LogP contribution in [0.5, 0.6) is 0 Å². The first-order valence-electron chi connectivity index (χ1n) is 11.6. The zero-order chi connectivity index (χ0) is 23.8. The second-order valence-corrected chi connectivity index (χ2v) is 9.64. The topological polar surface area (TPSA) is 53.9 Å². The fourth-order valence-electron chi connectivity index (χ4n) is 3.91. The summed E-state index contributed by atoms with van der Waals surface area (Å²) in [6.45, 7) is 8.31. The largest absolute Gasteiger partial charge is 0.352 e. The zero-order valence-corrected chi connectivity index (χ0v) is 20.8. The van der Waals surface area contributed by atoms with Crippen molar-refractivity contribution in [1.82, 2.24) is 5.32 Å². The van der Waals surface area contributed by atoms with E-state index in [1.54, 1.807) is 23.1 Å². The van der Waals surface area contributed by atoms with Crippen molar-refractivity contribution in [3.8, 4) is 0 Å². The van der Waals surface area contributed by atoms with Gasteiger partial charge in [0, 0.05) is 34.0 Å². The Morgan fingerprint density at radius 3 is 2.73 bits per heavy atom. The summed E-state index contributed by atoms with van der Waals surface area (Å²) in [7, 11) is 0. The highest BCUT2D eigenvalue weighted by Gasteiger charge is 2.27. The molecular formula is C25H32ClFN3O2S+. The highest BCUT2D eigenvalue weighted by atomic mass is 35.5. The Labute approximate surface area is 204 Å². The molecule has 1 unspecified atom stereocenters. The lowest BCUT2D eigenvalue weighted by Gasteiger charge is -2.30. The third-order valence-electron chi connectivity index (χ3n) is 5.92. The smallest absolute Gasteiger partial charge is 0.251 e. The van der Waals surface area contributed by atoms with Crippen LogP contribution in [0.25, 0.3) is 0 Å². The Hall–Kier alpha value is -2.09. The van der Waals surface area contributed by atoms with Crippen molar-refractivity contribution >= 4 is 40.9 Å². The van der Waals surface area contributed by atoms with Crippen LogP contribution in [0, 0.1) is 5.82 Å². The van der Waals surface area contributed by atoms with Crippen molar-refractivity contribution in [3.63, 3.8) is 0 Å². The highest BCUT2D eigenvalue weighted by Crippen LogP contribution is 2.37. The summed E-state index contributed by atoms with van der Waals surface area (Å²) in [6.07, 6.45) is 3.32. The zero-order valence-electron chi connectivity index (χ0n) is 19.3. The summed E-state index contributed by atoms with van der Waals surface area (Å²) in [6, 6.07) is 9.82. The molecular weight excluding hydrogens is 461 g/mol. The van der Waals surface area contributed by atoms with Crippen molar-refractivity contribution in [2.75, 3.05) is 36.8 Å². The number of amides is 2. The first kappa shape index (κ1) is 25.5. The maximum absolute atomic E-state index is 14.3. The number of halogens is 2. The number of carbonyl (C=O) groups is 2. The number of quaternary nitrogens is 1. The molecule has 1 aliphatic rings. The number of hydrogen-bond acceptors (Lipinski definition) is 3. The first-order valence-corrected chi connectivity index (χ1v) is 12.9. The van der Waals surface area contributed by atoms with Crippen LogP contribution >= 0.6 is 23.4 Å². The van der Waals surface area contributed by atoms with E-state index in [1.807, 2.05) is 6.07 Å². The van der Waals surface area contributed by atoms with Crippen LogP contribution in [-0.4, -0.2) is 43.7 Å². The van der Waals surface area contributed by atoms with Gasteiger partial charge >= 0.3 is 0 Å². The van der Waals surface area contributed by atoms with Gasteiger partial charge in [0.1, 0.15) is 5.82 Å². The average molecular weight is 493 g/mol. The molecule has 0 radical (unpaired) electrons. The van der Waals surface area contributed by atoms with Crippen LogP contribution in [0.3, 0.4) is 0 Å². The van der Waals surface area contributed by atoms with Crippen LogP contribution in [0.4, 0.5) is 10.1 Å². The van der Waals surface area contributed by atoms with Crippen molar-refractivity contribution in [3.05, 3.63) is 58.4 Å². The lowest BCUT2D eigenvalue weighted by molar-refractivity contribution is -0.898.